The highest BCUT2D eigenvalue weighted by Crippen LogP contribution is 2.22. The van der Waals surface area contributed by atoms with E-state index in [1.165, 1.54) is 0 Å². The van der Waals surface area contributed by atoms with Gasteiger partial charge in [0.25, 0.3) is 0 Å². The van der Waals surface area contributed by atoms with Crippen LogP contribution in [0.5, 0.6) is 0 Å². The normalized spacial score (nSPS) is 24.5. The van der Waals surface area contributed by atoms with E-state index in [0.29, 0.717) is 6.54 Å². The average Bonchev–Trinajstić information content (AvgIpc) is 2.82. The smallest absolute Gasteiger partial charge is 0.224 e. The van der Waals surface area contributed by atoms with Crippen LogP contribution in [0.2, 0.25) is 0 Å². The molecule has 1 aromatic heterocycles. The Balaban J connectivity index is 1.73. The zero-order valence-corrected chi connectivity index (χ0v) is 10.7. The first-order chi connectivity index (χ1) is 8.27. The van der Waals surface area contributed by atoms with E-state index < -0.39 is 0 Å². The Morgan fingerprint density at radius 3 is 3.06 bits per heavy atom. The molecule has 0 aromatic carbocycles. The molecule has 3 N–H and O–H groups in total. The number of hydrogen-bond donors (Lipinski definition) is 2. The lowest BCUT2D eigenvalue weighted by Gasteiger charge is -2.27. The van der Waals surface area contributed by atoms with Gasteiger partial charge in [0.15, 0.2) is 0 Å². The maximum absolute atomic E-state index is 11.9. The standard InChI is InChI=1S/C12H19N3OS/c13-11-4-2-1-3-10(11)12(16)14-6-5-9-7-17-8-15-9/h7-8,10-11H,1-6,13H2,(H,14,16). The molecule has 0 saturated heterocycles. The molecule has 2 unspecified atom stereocenters. The minimum Gasteiger partial charge on any atom is -0.355 e. The maximum Gasteiger partial charge on any atom is 0.224 e. The van der Waals surface area contributed by atoms with Crippen LogP contribution < -0.4 is 11.1 Å². The Morgan fingerprint density at radius 1 is 1.53 bits per heavy atom. The number of carbonyl (C=O) groups excluding carboxylic acids is 1. The Morgan fingerprint density at radius 2 is 2.35 bits per heavy atom. The SMILES string of the molecule is NC1CCCCC1C(=O)NCCc1cscn1. The number of aromatic nitrogens is 1. The van der Waals surface area contributed by atoms with Gasteiger partial charge in [0.05, 0.1) is 17.1 Å². The number of hydrogen-bond acceptors (Lipinski definition) is 4. The predicted molar refractivity (Wildman–Crippen MR) is 68.8 cm³/mol. The third kappa shape index (κ3) is 3.51. The highest BCUT2D eigenvalue weighted by Gasteiger charge is 2.27. The van der Waals surface area contributed by atoms with Crippen LogP contribution in [0.3, 0.4) is 0 Å². The second kappa shape index (κ2) is 6.12. The van der Waals surface area contributed by atoms with E-state index in [4.69, 9.17) is 5.73 Å². The lowest BCUT2D eigenvalue weighted by molar-refractivity contribution is -0.126. The Labute approximate surface area is 106 Å². The van der Waals surface area contributed by atoms with Crippen LogP contribution in [0.25, 0.3) is 0 Å². The number of amides is 1. The summed E-state index contributed by atoms with van der Waals surface area (Å²) in [6.07, 6.45) is 4.99. The number of nitrogens with two attached hydrogens (primary N) is 1. The first-order valence-electron chi connectivity index (χ1n) is 6.17. The summed E-state index contributed by atoms with van der Waals surface area (Å²) in [6, 6.07) is 0.0445. The third-order valence-electron chi connectivity index (χ3n) is 3.32. The van der Waals surface area contributed by atoms with E-state index in [9.17, 15) is 4.79 Å². The molecule has 17 heavy (non-hydrogen) atoms. The van der Waals surface area contributed by atoms with Crippen LogP contribution in [0, 0.1) is 5.92 Å². The summed E-state index contributed by atoms with van der Waals surface area (Å²) >= 11 is 1.58. The summed E-state index contributed by atoms with van der Waals surface area (Å²) in [6.45, 7) is 0.659. The molecule has 0 aliphatic heterocycles. The van der Waals surface area contributed by atoms with E-state index in [1.807, 2.05) is 10.9 Å². The molecule has 1 aliphatic rings. The van der Waals surface area contributed by atoms with E-state index >= 15 is 0 Å². The summed E-state index contributed by atoms with van der Waals surface area (Å²) < 4.78 is 0. The van der Waals surface area contributed by atoms with Gasteiger partial charge >= 0.3 is 0 Å². The molecule has 1 aliphatic carbocycles. The highest BCUT2D eigenvalue weighted by molar-refractivity contribution is 7.07. The Kier molecular flexibility index (Phi) is 4.50. The molecule has 0 bridgehead atoms. The molecule has 4 nitrogen and oxygen atoms in total. The fourth-order valence-electron chi connectivity index (χ4n) is 2.29. The van der Waals surface area contributed by atoms with E-state index in [0.717, 1.165) is 37.8 Å². The van der Waals surface area contributed by atoms with Crippen molar-refractivity contribution in [2.75, 3.05) is 6.54 Å². The van der Waals surface area contributed by atoms with Crippen LogP contribution in [0.1, 0.15) is 31.4 Å². The van der Waals surface area contributed by atoms with Gasteiger partial charge in [-0.15, -0.1) is 11.3 Å². The van der Waals surface area contributed by atoms with Gasteiger partial charge in [0, 0.05) is 24.4 Å². The minimum absolute atomic E-state index is 0.0131. The van der Waals surface area contributed by atoms with Crippen LogP contribution in [-0.4, -0.2) is 23.5 Å². The maximum atomic E-state index is 11.9. The van der Waals surface area contributed by atoms with Crippen molar-refractivity contribution in [1.29, 1.82) is 0 Å². The van der Waals surface area contributed by atoms with Crippen LogP contribution in [-0.2, 0) is 11.2 Å². The highest BCUT2D eigenvalue weighted by atomic mass is 32.1. The molecule has 5 heteroatoms. The third-order valence-corrected chi connectivity index (χ3v) is 3.96. The number of nitrogens with zero attached hydrogens (tertiary/aromatic N) is 1. The summed E-state index contributed by atoms with van der Waals surface area (Å²) in [7, 11) is 0. The number of rotatable bonds is 4. The molecule has 2 atom stereocenters. The molecular formula is C12H19N3OS. The van der Waals surface area contributed by atoms with Gasteiger partial charge < -0.3 is 11.1 Å². The van der Waals surface area contributed by atoms with Crippen molar-refractivity contribution in [2.24, 2.45) is 11.7 Å². The van der Waals surface area contributed by atoms with Crippen molar-refractivity contribution in [3.8, 4) is 0 Å². The monoisotopic (exact) mass is 253 g/mol. The second-order valence-electron chi connectivity index (χ2n) is 4.58. The number of nitrogens with one attached hydrogen (secondary N) is 1. The molecule has 1 saturated carbocycles. The first-order valence-corrected chi connectivity index (χ1v) is 7.12. The van der Waals surface area contributed by atoms with Crippen LogP contribution >= 0.6 is 11.3 Å². The van der Waals surface area contributed by atoms with Crippen molar-refractivity contribution in [1.82, 2.24) is 10.3 Å². The number of carbonyl (C=O) groups is 1. The molecule has 1 heterocycles. The fourth-order valence-corrected chi connectivity index (χ4v) is 2.88. The van der Waals surface area contributed by atoms with Gasteiger partial charge in [-0.2, -0.15) is 0 Å². The van der Waals surface area contributed by atoms with Gasteiger partial charge in [-0.1, -0.05) is 12.8 Å². The first kappa shape index (κ1) is 12.5. The van der Waals surface area contributed by atoms with Crippen LogP contribution in [0.4, 0.5) is 0 Å². The number of thiazole rings is 1. The lowest BCUT2D eigenvalue weighted by atomic mass is 9.84. The van der Waals surface area contributed by atoms with Gasteiger partial charge in [-0.3, -0.25) is 4.79 Å². The molecular weight excluding hydrogens is 234 g/mol. The second-order valence-corrected chi connectivity index (χ2v) is 5.29. The molecule has 0 radical (unpaired) electrons. The topological polar surface area (TPSA) is 68.0 Å². The van der Waals surface area contributed by atoms with E-state index in [-0.39, 0.29) is 17.9 Å². The predicted octanol–water partition coefficient (Wildman–Crippen LogP) is 1.32. The van der Waals surface area contributed by atoms with Crippen molar-refractivity contribution >= 4 is 17.2 Å². The Hall–Kier alpha value is -0.940. The molecule has 94 valence electrons. The van der Waals surface area contributed by atoms with E-state index in [1.54, 1.807) is 11.3 Å². The zero-order valence-electron chi connectivity index (χ0n) is 9.89. The summed E-state index contributed by atoms with van der Waals surface area (Å²) in [4.78, 5) is 16.1. The van der Waals surface area contributed by atoms with Crippen molar-refractivity contribution in [2.45, 2.75) is 38.1 Å². The average molecular weight is 253 g/mol. The zero-order chi connectivity index (χ0) is 12.1. The minimum atomic E-state index is 0.0131. The molecule has 1 fully saturated rings. The summed E-state index contributed by atoms with van der Waals surface area (Å²) in [5.74, 6) is 0.131. The molecule has 1 aromatic rings. The van der Waals surface area contributed by atoms with Gasteiger partial charge in [0.1, 0.15) is 0 Å². The van der Waals surface area contributed by atoms with Gasteiger partial charge in [0.2, 0.25) is 5.91 Å². The van der Waals surface area contributed by atoms with Crippen molar-refractivity contribution in [3.05, 3.63) is 16.6 Å². The quantitative estimate of drug-likeness (QED) is 0.850. The molecule has 2 rings (SSSR count). The molecule has 0 spiro atoms. The fraction of sp³-hybridized carbons (Fsp3) is 0.667. The van der Waals surface area contributed by atoms with Crippen molar-refractivity contribution < 1.29 is 4.79 Å². The van der Waals surface area contributed by atoms with Gasteiger partial charge in [-0.25, -0.2) is 4.98 Å². The molecule has 1 amide bonds. The Bertz CT molecular complexity index is 353. The van der Waals surface area contributed by atoms with Gasteiger partial charge in [-0.05, 0) is 12.8 Å². The van der Waals surface area contributed by atoms with Crippen LogP contribution in [0.15, 0.2) is 10.9 Å². The van der Waals surface area contributed by atoms with Crippen molar-refractivity contribution in [3.63, 3.8) is 0 Å². The lowest BCUT2D eigenvalue weighted by Crippen LogP contribution is -2.44. The largest absolute Gasteiger partial charge is 0.355 e. The summed E-state index contributed by atoms with van der Waals surface area (Å²) in [5, 5.41) is 4.98. The summed E-state index contributed by atoms with van der Waals surface area (Å²) in [5.41, 5.74) is 8.83. The van der Waals surface area contributed by atoms with E-state index in [2.05, 4.69) is 10.3 Å².